The Labute approximate surface area is 131 Å². The van der Waals surface area contributed by atoms with Crippen molar-refractivity contribution in [2.45, 2.75) is 31.7 Å². The first-order valence-corrected chi connectivity index (χ1v) is 7.90. The lowest BCUT2D eigenvalue weighted by Gasteiger charge is -2.25. The normalized spacial score (nSPS) is 17.6. The van der Waals surface area contributed by atoms with Crippen LogP contribution in [0.3, 0.4) is 0 Å². The smallest absolute Gasteiger partial charge is 0.227 e. The molecule has 1 aliphatic heterocycles. The van der Waals surface area contributed by atoms with Gasteiger partial charge in [0.15, 0.2) is 0 Å². The minimum atomic E-state index is 0.225. The van der Waals surface area contributed by atoms with Crippen molar-refractivity contribution in [3.8, 4) is 0 Å². The summed E-state index contributed by atoms with van der Waals surface area (Å²) in [6, 6.07) is 18.4. The van der Waals surface area contributed by atoms with Gasteiger partial charge in [0.2, 0.25) is 5.91 Å². The zero-order chi connectivity index (χ0) is 15.4. The van der Waals surface area contributed by atoms with E-state index in [-0.39, 0.29) is 5.91 Å². The highest BCUT2D eigenvalue weighted by Gasteiger charge is 2.28. The van der Waals surface area contributed by atoms with E-state index in [0.29, 0.717) is 12.5 Å². The highest BCUT2D eigenvalue weighted by Crippen LogP contribution is 2.22. The molecule has 1 aliphatic rings. The van der Waals surface area contributed by atoms with Crippen LogP contribution < -0.4 is 5.73 Å². The van der Waals surface area contributed by atoms with Crippen molar-refractivity contribution in [1.29, 1.82) is 0 Å². The Hall–Kier alpha value is -2.29. The van der Waals surface area contributed by atoms with E-state index in [9.17, 15) is 4.79 Å². The number of nitrogens with two attached hydrogens (primary N) is 1. The summed E-state index contributed by atoms with van der Waals surface area (Å²) in [5, 5.41) is 0. The summed E-state index contributed by atoms with van der Waals surface area (Å²) in [5.41, 5.74) is 8.77. The van der Waals surface area contributed by atoms with Gasteiger partial charge in [-0.25, -0.2) is 0 Å². The summed E-state index contributed by atoms with van der Waals surface area (Å²) in [4.78, 5) is 14.7. The molecule has 114 valence electrons. The van der Waals surface area contributed by atoms with Crippen molar-refractivity contribution >= 4 is 11.6 Å². The maximum atomic E-state index is 12.6. The molecule has 3 heteroatoms. The van der Waals surface area contributed by atoms with Crippen LogP contribution in [0.1, 0.15) is 24.0 Å². The molecule has 0 aromatic heterocycles. The van der Waals surface area contributed by atoms with Crippen LogP contribution in [0.2, 0.25) is 0 Å². The third-order valence-electron chi connectivity index (χ3n) is 4.35. The van der Waals surface area contributed by atoms with E-state index in [2.05, 4.69) is 29.2 Å². The number of carbonyl (C=O) groups excluding carboxylic acids is 1. The number of rotatable bonds is 4. The molecule has 1 amide bonds. The number of hydrogen-bond acceptors (Lipinski definition) is 2. The Morgan fingerprint density at radius 2 is 1.77 bits per heavy atom. The molecule has 0 aliphatic carbocycles. The second-order valence-electron chi connectivity index (χ2n) is 5.99. The monoisotopic (exact) mass is 294 g/mol. The SMILES string of the molecule is Nc1ccc(CC(=O)N2CCCC2Cc2ccccc2)cc1. The van der Waals surface area contributed by atoms with Gasteiger partial charge >= 0.3 is 0 Å². The van der Waals surface area contributed by atoms with Crippen molar-refractivity contribution < 1.29 is 4.79 Å². The molecule has 1 heterocycles. The van der Waals surface area contributed by atoms with E-state index in [1.165, 1.54) is 5.56 Å². The van der Waals surface area contributed by atoms with Gasteiger partial charge in [0.1, 0.15) is 0 Å². The average Bonchev–Trinajstić information content (AvgIpc) is 2.99. The molecule has 1 atom stereocenters. The van der Waals surface area contributed by atoms with Crippen LogP contribution in [-0.2, 0) is 17.6 Å². The molecular formula is C19H22N2O. The fraction of sp³-hybridized carbons (Fsp3) is 0.316. The third-order valence-corrected chi connectivity index (χ3v) is 4.35. The van der Waals surface area contributed by atoms with Crippen LogP contribution in [0.15, 0.2) is 54.6 Å². The maximum absolute atomic E-state index is 12.6. The Morgan fingerprint density at radius 1 is 1.05 bits per heavy atom. The second kappa shape index (κ2) is 6.65. The minimum Gasteiger partial charge on any atom is -0.399 e. The van der Waals surface area contributed by atoms with E-state index < -0.39 is 0 Å². The molecule has 2 N–H and O–H groups in total. The molecule has 0 saturated carbocycles. The topological polar surface area (TPSA) is 46.3 Å². The summed E-state index contributed by atoms with van der Waals surface area (Å²) in [5.74, 6) is 0.225. The van der Waals surface area contributed by atoms with Crippen LogP contribution in [-0.4, -0.2) is 23.4 Å². The number of nitrogen functional groups attached to an aromatic ring is 1. The Balaban J connectivity index is 1.64. The van der Waals surface area contributed by atoms with E-state index >= 15 is 0 Å². The molecule has 2 aromatic carbocycles. The van der Waals surface area contributed by atoms with E-state index in [0.717, 1.165) is 37.1 Å². The van der Waals surface area contributed by atoms with Crippen LogP contribution in [0.4, 0.5) is 5.69 Å². The van der Waals surface area contributed by atoms with E-state index in [1.807, 2.05) is 30.3 Å². The molecule has 22 heavy (non-hydrogen) atoms. The summed E-state index contributed by atoms with van der Waals surface area (Å²) in [6.45, 7) is 0.880. The van der Waals surface area contributed by atoms with Crippen LogP contribution in [0.5, 0.6) is 0 Å². The van der Waals surface area contributed by atoms with Crippen LogP contribution >= 0.6 is 0 Å². The average molecular weight is 294 g/mol. The van der Waals surface area contributed by atoms with Crippen molar-refractivity contribution in [1.82, 2.24) is 4.90 Å². The number of likely N-dealkylation sites (tertiary alicyclic amines) is 1. The first-order valence-electron chi connectivity index (χ1n) is 7.90. The van der Waals surface area contributed by atoms with Gasteiger partial charge in [0.05, 0.1) is 6.42 Å². The first-order chi connectivity index (χ1) is 10.7. The zero-order valence-electron chi connectivity index (χ0n) is 12.7. The van der Waals surface area contributed by atoms with Gasteiger partial charge in [-0.3, -0.25) is 4.79 Å². The third kappa shape index (κ3) is 3.48. The minimum absolute atomic E-state index is 0.225. The lowest BCUT2D eigenvalue weighted by atomic mass is 10.0. The number of hydrogen-bond donors (Lipinski definition) is 1. The molecule has 3 rings (SSSR count). The van der Waals surface area contributed by atoms with Gasteiger partial charge in [0.25, 0.3) is 0 Å². The van der Waals surface area contributed by atoms with Crippen molar-refractivity contribution in [3.05, 3.63) is 65.7 Å². The standard InChI is InChI=1S/C19H22N2O/c20-17-10-8-16(9-11-17)14-19(22)21-12-4-7-18(21)13-15-5-2-1-3-6-15/h1-3,5-6,8-11,18H,4,7,12-14,20H2. The van der Waals surface area contributed by atoms with Crippen LogP contribution in [0.25, 0.3) is 0 Å². The fourth-order valence-corrected chi connectivity index (χ4v) is 3.17. The molecule has 1 fully saturated rings. The number of nitrogens with zero attached hydrogens (tertiary/aromatic N) is 1. The van der Waals surface area contributed by atoms with Crippen LogP contribution in [0, 0.1) is 0 Å². The van der Waals surface area contributed by atoms with Crippen molar-refractivity contribution in [3.63, 3.8) is 0 Å². The number of amides is 1. The predicted octanol–water partition coefficient (Wildman–Crippen LogP) is 3.05. The molecular weight excluding hydrogens is 272 g/mol. The lowest BCUT2D eigenvalue weighted by Crippen LogP contribution is -2.37. The second-order valence-corrected chi connectivity index (χ2v) is 5.99. The van der Waals surface area contributed by atoms with Crippen molar-refractivity contribution in [2.75, 3.05) is 12.3 Å². The van der Waals surface area contributed by atoms with Gasteiger partial charge in [-0.05, 0) is 42.5 Å². The maximum Gasteiger partial charge on any atom is 0.227 e. The quantitative estimate of drug-likeness (QED) is 0.881. The van der Waals surface area contributed by atoms with Gasteiger partial charge in [-0.1, -0.05) is 42.5 Å². The summed E-state index contributed by atoms with van der Waals surface area (Å²) >= 11 is 0. The fourth-order valence-electron chi connectivity index (χ4n) is 3.17. The predicted molar refractivity (Wildman–Crippen MR) is 89.4 cm³/mol. The summed E-state index contributed by atoms with van der Waals surface area (Å²) in [6.07, 6.45) is 3.62. The zero-order valence-corrected chi connectivity index (χ0v) is 12.7. The van der Waals surface area contributed by atoms with Crippen molar-refractivity contribution in [2.24, 2.45) is 0 Å². The van der Waals surface area contributed by atoms with Gasteiger partial charge in [-0.15, -0.1) is 0 Å². The lowest BCUT2D eigenvalue weighted by molar-refractivity contribution is -0.131. The van der Waals surface area contributed by atoms with Gasteiger partial charge in [-0.2, -0.15) is 0 Å². The Morgan fingerprint density at radius 3 is 2.50 bits per heavy atom. The molecule has 2 aromatic rings. The van der Waals surface area contributed by atoms with E-state index in [4.69, 9.17) is 5.73 Å². The Bertz CT molecular complexity index is 622. The molecule has 1 saturated heterocycles. The molecule has 0 bridgehead atoms. The summed E-state index contributed by atoms with van der Waals surface area (Å²) < 4.78 is 0. The molecule has 1 unspecified atom stereocenters. The van der Waals surface area contributed by atoms with Gasteiger partial charge < -0.3 is 10.6 Å². The van der Waals surface area contributed by atoms with E-state index in [1.54, 1.807) is 0 Å². The first kappa shape index (κ1) is 14.6. The highest BCUT2D eigenvalue weighted by molar-refractivity contribution is 5.79. The highest BCUT2D eigenvalue weighted by atomic mass is 16.2. The largest absolute Gasteiger partial charge is 0.399 e. The van der Waals surface area contributed by atoms with Gasteiger partial charge in [0, 0.05) is 18.3 Å². The molecule has 0 radical (unpaired) electrons. The number of benzene rings is 2. The number of carbonyl (C=O) groups is 1. The number of anilines is 1. The molecule has 0 spiro atoms. The summed E-state index contributed by atoms with van der Waals surface area (Å²) in [7, 11) is 0. The molecule has 3 nitrogen and oxygen atoms in total. The Kier molecular flexibility index (Phi) is 4.42.